The van der Waals surface area contributed by atoms with Crippen LogP contribution in [0.2, 0.25) is 0 Å². The first-order valence-corrected chi connectivity index (χ1v) is 3.42. The van der Waals surface area contributed by atoms with Crippen molar-refractivity contribution in [3.63, 3.8) is 0 Å². The molecule has 0 unspecified atom stereocenters. The maximum atomic E-state index is 7.47. The van der Waals surface area contributed by atoms with Crippen molar-refractivity contribution in [2.75, 3.05) is 0 Å². The Labute approximate surface area is 70.8 Å². The minimum absolute atomic E-state index is 0.114. The van der Waals surface area contributed by atoms with Crippen LogP contribution in [0.15, 0.2) is 37.2 Å². The average molecular weight is 159 g/mol. The molecule has 0 bridgehead atoms. The molecular weight excluding hydrogens is 152 g/mol. The van der Waals surface area contributed by atoms with Crippen LogP contribution in [0, 0.1) is 0 Å². The molecule has 12 heavy (non-hydrogen) atoms. The molecule has 0 N–H and O–H groups in total. The molecule has 0 amide bonds. The van der Waals surface area contributed by atoms with Crippen LogP contribution < -0.4 is 0 Å². The van der Waals surface area contributed by atoms with Gasteiger partial charge in [-0.25, -0.2) is 0 Å². The Bertz CT molecular complexity index is 404. The number of nitrogens with zero attached hydrogens (tertiary/aromatic N) is 4. The van der Waals surface area contributed by atoms with E-state index in [2.05, 4.69) is 19.9 Å². The molecule has 4 heteroatoms. The minimum atomic E-state index is 0.114. The van der Waals surface area contributed by atoms with Gasteiger partial charge < -0.3 is 0 Å². The molecule has 2 aromatic rings. The van der Waals surface area contributed by atoms with Gasteiger partial charge in [-0.15, -0.1) is 0 Å². The van der Waals surface area contributed by atoms with Crippen molar-refractivity contribution in [3.8, 4) is 11.4 Å². The van der Waals surface area contributed by atoms with Gasteiger partial charge in [0.15, 0.2) is 0 Å². The molecule has 0 fully saturated rings. The molecular formula is C8H6N4. The Morgan fingerprint density at radius 1 is 0.917 bits per heavy atom. The van der Waals surface area contributed by atoms with Crippen molar-refractivity contribution in [2.45, 2.75) is 0 Å². The molecule has 2 heterocycles. The highest BCUT2D eigenvalue weighted by Crippen LogP contribution is 2.08. The highest BCUT2D eigenvalue weighted by Gasteiger charge is 1.97. The van der Waals surface area contributed by atoms with Crippen LogP contribution in [-0.2, 0) is 0 Å². The summed E-state index contributed by atoms with van der Waals surface area (Å²) in [6.07, 6.45) is 7.81. The predicted molar refractivity (Wildman–Crippen MR) is 43.1 cm³/mol. The first-order chi connectivity index (χ1) is 6.38. The second-order valence-corrected chi connectivity index (χ2v) is 2.11. The molecule has 2 aromatic heterocycles. The summed E-state index contributed by atoms with van der Waals surface area (Å²) in [4.78, 5) is 15.7. The van der Waals surface area contributed by atoms with Crippen LogP contribution in [0.4, 0.5) is 0 Å². The standard InChI is InChI=1S/C8H6N4/c1-3-11-7(5-9-1)8-6-10-2-4-12-8/h1-6H/i5D. The van der Waals surface area contributed by atoms with Gasteiger partial charge in [-0.05, 0) is 0 Å². The Morgan fingerprint density at radius 2 is 1.67 bits per heavy atom. The second-order valence-electron chi connectivity index (χ2n) is 2.11. The third kappa shape index (κ3) is 1.27. The van der Waals surface area contributed by atoms with Gasteiger partial charge in [-0.1, -0.05) is 0 Å². The van der Waals surface area contributed by atoms with E-state index in [4.69, 9.17) is 1.37 Å². The van der Waals surface area contributed by atoms with E-state index in [1.807, 2.05) is 0 Å². The molecule has 0 saturated heterocycles. The smallest absolute Gasteiger partial charge is 0.108 e. The molecule has 0 spiro atoms. The lowest BCUT2D eigenvalue weighted by atomic mass is 10.3. The van der Waals surface area contributed by atoms with Crippen molar-refractivity contribution >= 4 is 0 Å². The third-order valence-electron chi connectivity index (χ3n) is 1.32. The number of rotatable bonds is 1. The summed E-state index contributed by atoms with van der Waals surface area (Å²) in [5, 5.41) is 0. The fourth-order valence-corrected chi connectivity index (χ4v) is 0.813. The quantitative estimate of drug-likeness (QED) is 0.621. The molecule has 0 atom stereocenters. The van der Waals surface area contributed by atoms with Gasteiger partial charge in [0.1, 0.15) is 11.4 Å². The molecule has 0 aromatic carbocycles. The molecule has 58 valence electrons. The van der Waals surface area contributed by atoms with Crippen LogP contribution in [-0.4, -0.2) is 19.9 Å². The summed E-state index contributed by atoms with van der Waals surface area (Å²) >= 11 is 0. The molecule has 2 rings (SSSR count). The zero-order valence-corrected chi connectivity index (χ0v) is 6.18. The molecule has 0 radical (unpaired) electrons. The summed E-state index contributed by atoms with van der Waals surface area (Å²) in [6, 6.07) is 0. The summed E-state index contributed by atoms with van der Waals surface area (Å²) in [6.45, 7) is 0. The number of hydrogen-bond acceptors (Lipinski definition) is 4. The van der Waals surface area contributed by atoms with Crippen LogP contribution in [0.3, 0.4) is 0 Å². The van der Waals surface area contributed by atoms with Gasteiger partial charge in [-0.2, -0.15) is 0 Å². The summed E-state index contributed by atoms with van der Waals surface area (Å²) < 4.78 is 7.47. The van der Waals surface area contributed by atoms with E-state index in [1.165, 1.54) is 12.4 Å². The molecule has 4 nitrogen and oxygen atoms in total. The lowest BCUT2D eigenvalue weighted by Crippen LogP contribution is -1.87. The Morgan fingerprint density at radius 3 is 2.42 bits per heavy atom. The van der Waals surface area contributed by atoms with Gasteiger partial charge >= 0.3 is 0 Å². The first kappa shape index (κ1) is 5.77. The zero-order valence-electron chi connectivity index (χ0n) is 7.18. The Balaban J connectivity index is 2.54. The van der Waals surface area contributed by atoms with Gasteiger partial charge in [0.2, 0.25) is 0 Å². The highest BCUT2D eigenvalue weighted by molar-refractivity contribution is 5.49. The fraction of sp³-hybridized carbons (Fsp3) is 0. The summed E-state index contributed by atoms with van der Waals surface area (Å²) in [7, 11) is 0. The molecule has 0 aliphatic rings. The number of aromatic nitrogens is 4. The van der Waals surface area contributed by atoms with Crippen LogP contribution in [0.5, 0.6) is 0 Å². The minimum Gasteiger partial charge on any atom is -0.261 e. The van der Waals surface area contributed by atoms with Crippen LogP contribution in [0.25, 0.3) is 11.4 Å². The second kappa shape index (κ2) is 3.04. The Hall–Kier alpha value is -1.84. The van der Waals surface area contributed by atoms with Crippen molar-refractivity contribution in [1.82, 2.24) is 19.9 Å². The maximum Gasteiger partial charge on any atom is 0.108 e. The zero-order chi connectivity index (χ0) is 9.10. The highest BCUT2D eigenvalue weighted by atomic mass is 14.8. The van der Waals surface area contributed by atoms with Gasteiger partial charge in [0, 0.05) is 24.8 Å². The average Bonchev–Trinajstić information content (AvgIpc) is 2.20. The predicted octanol–water partition coefficient (Wildman–Crippen LogP) is 0.934. The molecule has 0 aliphatic heterocycles. The SMILES string of the molecule is [2H]c1nccnc1-c1cnccn1. The lowest BCUT2D eigenvalue weighted by molar-refractivity contribution is 1.14. The van der Waals surface area contributed by atoms with E-state index in [1.54, 1.807) is 18.6 Å². The van der Waals surface area contributed by atoms with Crippen LogP contribution >= 0.6 is 0 Å². The van der Waals surface area contributed by atoms with E-state index in [0.717, 1.165) is 0 Å². The van der Waals surface area contributed by atoms with Gasteiger partial charge in [0.25, 0.3) is 0 Å². The van der Waals surface area contributed by atoms with Crippen LogP contribution in [0.1, 0.15) is 1.37 Å². The Kier molecular flexibility index (Phi) is 1.46. The lowest BCUT2D eigenvalue weighted by Gasteiger charge is -1.95. The summed E-state index contributed by atoms with van der Waals surface area (Å²) in [5.74, 6) is 0. The van der Waals surface area contributed by atoms with E-state index in [-0.39, 0.29) is 6.17 Å². The first-order valence-electron chi connectivity index (χ1n) is 3.92. The monoisotopic (exact) mass is 159 g/mol. The third-order valence-corrected chi connectivity index (χ3v) is 1.32. The molecule has 0 aliphatic carbocycles. The van der Waals surface area contributed by atoms with Gasteiger partial charge in [0.05, 0.1) is 13.7 Å². The van der Waals surface area contributed by atoms with Crippen molar-refractivity contribution in [3.05, 3.63) is 37.2 Å². The molecule has 0 saturated carbocycles. The van der Waals surface area contributed by atoms with Gasteiger partial charge in [-0.3, -0.25) is 19.9 Å². The van der Waals surface area contributed by atoms with Crippen molar-refractivity contribution < 1.29 is 1.37 Å². The normalized spacial score (nSPS) is 10.8. The van der Waals surface area contributed by atoms with E-state index in [9.17, 15) is 0 Å². The summed E-state index contributed by atoms with van der Waals surface area (Å²) in [5.41, 5.74) is 1.02. The topological polar surface area (TPSA) is 51.6 Å². The maximum absolute atomic E-state index is 7.47. The number of hydrogen-bond donors (Lipinski definition) is 0. The van der Waals surface area contributed by atoms with E-state index < -0.39 is 0 Å². The van der Waals surface area contributed by atoms with E-state index in [0.29, 0.717) is 11.4 Å². The van der Waals surface area contributed by atoms with E-state index >= 15 is 0 Å². The fourth-order valence-electron chi connectivity index (χ4n) is 0.813. The largest absolute Gasteiger partial charge is 0.261 e. The van der Waals surface area contributed by atoms with Crippen molar-refractivity contribution in [2.24, 2.45) is 0 Å². The van der Waals surface area contributed by atoms with Crippen molar-refractivity contribution in [1.29, 1.82) is 0 Å².